The van der Waals surface area contributed by atoms with Crippen LogP contribution in [0.4, 0.5) is 0 Å². The van der Waals surface area contributed by atoms with E-state index in [1.165, 1.54) is 32.1 Å². The van der Waals surface area contributed by atoms with Crippen molar-refractivity contribution in [2.24, 2.45) is 0 Å². The average Bonchev–Trinajstić information content (AvgIpc) is 3.24. The summed E-state index contributed by atoms with van der Waals surface area (Å²) >= 11 is 0. The van der Waals surface area contributed by atoms with Gasteiger partial charge in [-0.2, -0.15) is 0 Å². The maximum Gasteiger partial charge on any atom is 0.361 e. The van der Waals surface area contributed by atoms with E-state index < -0.39 is 24.3 Å². The van der Waals surface area contributed by atoms with Gasteiger partial charge >= 0.3 is 17.9 Å². The standard InChI is InChI=1S/C54H91NO8/c1-6-8-10-12-14-16-18-20-21-22-23-24-25-26-27-28-29-30-31-33-35-37-39-41-43-45-52(57)63-50(49-62-54(53(58)59)60-47-46-55(3,4)5)48-61-51(56)44-42-40-38-36-34-32-19-17-15-13-11-9-7-2/h8,10,14,16-17,19-21,23-24,26-27,29-30,50,54H,6-7,9,11-13,15,18,22,25,28,31-49H2,1-5H3/p+1/b10-8-,16-14-,19-17-,21-20-,24-23-,27-26-,30-29-. The van der Waals surface area contributed by atoms with E-state index in [0.29, 0.717) is 17.4 Å². The number of nitrogens with zero attached hydrogens (tertiary/aromatic N) is 1. The third kappa shape index (κ3) is 46.3. The molecular weight excluding hydrogens is 791 g/mol. The van der Waals surface area contributed by atoms with E-state index in [-0.39, 0.29) is 38.6 Å². The molecule has 0 saturated carbocycles. The summed E-state index contributed by atoms with van der Waals surface area (Å²) in [5.74, 6) is -2.05. The highest BCUT2D eigenvalue weighted by Gasteiger charge is 2.25. The Bertz CT molecular complexity index is 1300. The Morgan fingerprint density at radius 1 is 0.492 bits per heavy atom. The number of carboxylic acid groups (broad SMARTS) is 1. The van der Waals surface area contributed by atoms with Gasteiger partial charge in [-0.3, -0.25) is 9.59 Å². The maximum absolute atomic E-state index is 12.8. The first kappa shape index (κ1) is 59.5. The van der Waals surface area contributed by atoms with Gasteiger partial charge < -0.3 is 28.5 Å². The molecule has 1 N–H and O–H groups in total. The van der Waals surface area contributed by atoms with Crippen molar-refractivity contribution in [2.45, 2.75) is 193 Å². The van der Waals surface area contributed by atoms with Crippen LogP contribution in [0.15, 0.2) is 85.1 Å². The summed E-state index contributed by atoms with van der Waals surface area (Å²) in [6.45, 7) is 4.69. The number of rotatable bonds is 44. The van der Waals surface area contributed by atoms with Crippen molar-refractivity contribution in [3.05, 3.63) is 85.1 Å². The predicted octanol–water partition coefficient (Wildman–Crippen LogP) is 13.7. The van der Waals surface area contributed by atoms with Gasteiger partial charge in [-0.15, -0.1) is 0 Å². The number of aliphatic carboxylic acids is 1. The smallest absolute Gasteiger partial charge is 0.361 e. The molecule has 0 aromatic carbocycles. The molecular formula is C54H92NO8+. The van der Waals surface area contributed by atoms with E-state index in [1.54, 1.807) is 0 Å². The molecule has 0 aliphatic carbocycles. The minimum absolute atomic E-state index is 0.179. The van der Waals surface area contributed by atoms with E-state index >= 15 is 0 Å². The molecule has 0 heterocycles. The second-order valence-electron chi connectivity index (χ2n) is 17.4. The van der Waals surface area contributed by atoms with Crippen LogP contribution in [0.5, 0.6) is 0 Å². The van der Waals surface area contributed by atoms with Crippen LogP contribution in [0.3, 0.4) is 0 Å². The van der Waals surface area contributed by atoms with E-state index in [4.69, 9.17) is 18.9 Å². The molecule has 0 spiro atoms. The second-order valence-corrected chi connectivity index (χ2v) is 17.4. The first-order valence-electron chi connectivity index (χ1n) is 24.8. The first-order valence-corrected chi connectivity index (χ1v) is 24.8. The van der Waals surface area contributed by atoms with Crippen LogP contribution in [0, 0.1) is 0 Å². The molecule has 2 atom stereocenters. The van der Waals surface area contributed by atoms with Gasteiger partial charge in [0.1, 0.15) is 13.2 Å². The number of hydrogen-bond donors (Lipinski definition) is 1. The Hall–Kier alpha value is -3.53. The second kappa shape index (κ2) is 45.1. The summed E-state index contributed by atoms with van der Waals surface area (Å²) in [6, 6.07) is 0. The molecule has 0 rings (SSSR count). The van der Waals surface area contributed by atoms with Gasteiger partial charge in [-0.1, -0.05) is 163 Å². The number of quaternary nitrogens is 1. The normalized spacial score (nSPS) is 13.6. The van der Waals surface area contributed by atoms with Gasteiger partial charge in [-0.05, 0) is 89.9 Å². The Morgan fingerprint density at radius 2 is 0.905 bits per heavy atom. The molecule has 0 bridgehead atoms. The number of carbonyl (C=O) groups excluding carboxylic acids is 2. The first-order chi connectivity index (χ1) is 30.6. The van der Waals surface area contributed by atoms with E-state index in [9.17, 15) is 19.5 Å². The average molecular weight is 883 g/mol. The summed E-state index contributed by atoms with van der Waals surface area (Å²) in [6.07, 6.45) is 55.0. The van der Waals surface area contributed by atoms with Crippen LogP contribution < -0.4 is 0 Å². The summed E-state index contributed by atoms with van der Waals surface area (Å²) in [5, 5.41) is 9.65. The predicted molar refractivity (Wildman–Crippen MR) is 262 cm³/mol. The van der Waals surface area contributed by atoms with Gasteiger partial charge in [0, 0.05) is 12.8 Å². The number of hydrogen-bond acceptors (Lipinski definition) is 7. The van der Waals surface area contributed by atoms with Gasteiger partial charge in [0.25, 0.3) is 6.29 Å². The van der Waals surface area contributed by atoms with Gasteiger partial charge in [0.15, 0.2) is 6.10 Å². The van der Waals surface area contributed by atoms with Crippen LogP contribution in [-0.4, -0.2) is 87.4 Å². The molecule has 9 nitrogen and oxygen atoms in total. The van der Waals surface area contributed by atoms with Crippen molar-refractivity contribution in [3.8, 4) is 0 Å². The zero-order valence-electron chi connectivity index (χ0n) is 40.7. The summed E-state index contributed by atoms with van der Waals surface area (Å²) in [4.78, 5) is 37.2. The highest BCUT2D eigenvalue weighted by molar-refractivity contribution is 5.71. The zero-order valence-corrected chi connectivity index (χ0v) is 40.7. The fraction of sp³-hybridized carbons (Fsp3) is 0.685. The third-order valence-corrected chi connectivity index (χ3v) is 10.1. The molecule has 0 aliphatic heterocycles. The van der Waals surface area contributed by atoms with Crippen molar-refractivity contribution in [2.75, 3.05) is 47.5 Å². The molecule has 0 aliphatic rings. The molecule has 2 unspecified atom stereocenters. The molecule has 63 heavy (non-hydrogen) atoms. The lowest BCUT2D eigenvalue weighted by atomic mass is 10.1. The fourth-order valence-electron chi connectivity index (χ4n) is 6.30. The fourth-order valence-corrected chi connectivity index (χ4v) is 6.30. The minimum Gasteiger partial charge on any atom is -0.477 e. The Kier molecular flexibility index (Phi) is 42.5. The number of ether oxygens (including phenoxy) is 4. The molecule has 0 amide bonds. The maximum atomic E-state index is 12.8. The minimum atomic E-state index is -1.52. The van der Waals surface area contributed by atoms with Crippen LogP contribution in [0.25, 0.3) is 0 Å². The van der Waals surface area contributed by atoms with Crippen molar-refractivity contribution in [1.29, 1.82) is 0 Å². The summed E-state index contributed by atoms with van der Waals surface area (Å²) in [5.41, 5.74) is 0. The van der Waals surface area contributed by atoms with Crippen LogP contribution in [-0.2, 0) is 33.3 Å². The SMILES string of the molecule is CC/C=C\C/C=C\C/C=C\C/C=C\C/C=C\C/C=C\CCCCCCCCC(=O)OC(COC(=O)CCCCCCC/C=C\CCCCCC)COC(OCC[N+](C)(C)C)C(=O)O. The lowest BCUT2D eigenvalue weighted by molar-refractivity contribution is -0.870. The third-order valence-electron chi connectivity index (χ3n) is 10.1. The lowest BCUT2D eigenvalue weighted by Gasteiger charge is -2.25. The molecule has 0 radical (unpaired) electrons. The monoisotopic (exact) mass is 883 g/mol. The van der Waals surface area contributed by atoms with E-state index in [2.05, 4.69) is 98.9 Å². The number of likely N-dealkylation sites (N-methyl/N-ethyl adjacent to an activating group) is 1. The van der Waals surface area contributed by atoms with Crippen molar-refractivity contribution >= 4 is 17.9 Å². The largest absolute Gasteiger partial charge is 0.477 e. The van der Waals surface area contributed by atoms with Crippen molar-refractivity contribution < 1.29 is 42.9 Å². The Morgan fingerprint density at radius 3 is 1.37 bits per heavy atom. The number of carboxylic acids is 1. The zero-order chi connectivity index (χ0) is 46.3. The molecule has 9 heteroatoms. The highest BCUT2D eigenvalue weighted by Crippen LogP contribution is 2.13. The molecule has 0 saturated heterocycles. The molecule has 360 valence electrons. The number of allylic oxidation sites excluding steroid dienone is 14. The highest BCUT2D eigenvalue weighted by atomic mass is 16.7. The lowest BCUT2D eigenvalue weighted by Crippen LogP contribution is -2.40. The molecule has 0 fully saturated rings. The van der Waals surface area contributed by atoms with Crippen LogP contribution in [0.2, 0.25) is 0 Å². The van der Waals surface area contributed by atoms with Crippen molar-refractivity contribution in [1.82, 2.24) is 0 Å². The number of esters is 2. The molecule has 0 aromatic heterocycles. The quantitative estimate of drug-likeness (QED) is 0.0212. The summed E-state index contributed by atoms with van der Waals surface area (Å²) < 4.78 is 22.7. The van der Waals surface area contributed by atoms with Crippen LogP contribution >= 0.6 is 0 Å². The number of unbranched alkanes of at least 4 members (excludes halogenated alkanes) is 15. The molecule has 0 aromatic rings. The Balaban J connectivity index is 4.40. The summed E-state index contributed by atoms with van der Waals surface area (Å²) in [7, 11) is 5.94. The van der Waals surface area contributed by atoms with Crippen molar-refractivity contribution in [3.63, 3.8) is 0 Å². The topological polar surface area (TPSA) is 108 Å². The van der Waals surface area contributed by atoms with Gasteiger partial charge in [0.05, 0.1) is 34.4 Å². The Labute approximate surface area is 385 Å². The van der Waals surface area contributed by atoms with Gasteiger partial charge in [-0.25, -0.2) is 4.79 Å². The van der Waals surface area contributed by atoms with Crippen LogP contribution in [0.1, 0.15) is 181 Å². The van der Waals surface area contributed by atoms with Gasteiger partial charge in [0.2, 0.25) is 0 Å². The van der Waals surface area contributed by atoms with E-state index in [0.717, 1.165) is 116 Å². The number of carbonyl (C=O) groups is 3. The van der Waals surface area contributed by atoms with E-state index in [1.807, 2.05) is 21.1 Å².